The van der Waals surface area contributed by atoms with Crippen LogP contribution in [-0.4, -0.2) is 75.0 Å². The van der Waals surface area contributed by atoms with Crippen molar-refractivity contribution in [2.45, 2.75) is 19.2 Å². The molecule has 0 spiro atoms. The third kappa shape index (κ3) is 15.0. The number of esters is 1. The minimum absolute atomic E-state index is 0.0246. The number of nitrogens with one attached hydrogen (secondary N) is 1. The molecule has 0 aromatic heterocycles. The Balaban J connectivity index is 0.000000448. The Bertz CT molecular complexity index is 1760. The summed E-state index contributed by atoms with van der Waals surface area (Å²) in [6.45, 7) is 0.724. The number of alkyl halides is 3. The first-order chi connectivity index (χ1) is 23.0. The van der Waals surface area contributed by atoms with E-state index in [0.717, 1.165) is 25.1 Å². The maximum absolute atomic E-state index is 12.7. The molecule has 0 bridgehead atoms. The maximum atomic E-state index is 12.7. The lowest BCUT2D eigenvalue weighted by Gasteiger charge is -2.13. The highest BCUT2D eigenvalue weighted by Crippen LogP contribution is 2.37. The van der Waals surface area contributed by atoms with E-state index in [-0.39, 0.29) is 48.5 Å². The molecule has 0 aliphatic heterocycles. The third-order valence-corrected chi connectivity index (χ3v) is 7.22. The van der Waals surface area contributed by atoms with Gasteiger partial charge in [0.25, 0.3) is 0 Å². The van der Waals surface area contributed by atoms with Crippen molar-refractivity contribution in [1.29, 1.82) is 0 Å². The molecule has 6 N–H and O–H groups in total. The number of aliphatic carboxylic acids is 2. The summed E-state index contributed by atoms with van der Waals surface area (Å²) in [4.78, 5) is 59.7. The van der Waals surface area contributed by atoms with Gasteiger partial charge in [-0.25, -0.2) is 14.4 Å². The SMILES string of the molecule is COc1c(Cl)ccc(Cl)c1C(=O)O.C[C@H](OC(=O)c1cc(Oc2ccc(C(F)(F)F)cc2Cl)ccc1Cl)C(=O)O.O=C(O)CNCP(=O)(O)O. The molecule has 0 fully saturated rings. The van der Waals surface area contributed by atoms with E-state index in [4.69, 9.17) is 85.7 Å². The lowest BCUT2D eigenvalue weighted by molar-refractivity contribution is -0.146. The number of ether oxygens (including phenoxy) is 3. The number of aromatic carboxylic acids is 1. The second-order valence-corrected chi connectivity index (χ2v) is 12.4. The van der Waals surface area contributed by atoms with Crippen LogP contribution in [0.2, 0.25) is 20.1 Å². The third-order valence-electron chi connectivity index (χ3n) is 5.35. The van der Waals surface area contributed by atoms with E-state index in [1.807, 2.05) is 0 Å². The molecule has 0 saturated heterocycles. The fourth-order valence-corrected chi connectivity index (χ4v) is 4.41. The van der Waals surface area contributed by atoms with E-state index in [2.05, 4.69) is 5.32 Å². The highest BCUT2D eigenvalue weighted by molar-refractivity contribution is 7.51. The first-order valence-electron chi connectivity index (χ1n) is 13.0. The predicted molar refractivity (Wildman–Crippen MR) is 173 cm³/mol. The van der Waals surface area contributed by atoms with Crippen LogP contribution in [0.5, 0.6) is 17.2 Å². The number of halogens is 7. The van der Waals surface area contributed by atoms with E-state index < -0.39 is 62.1 Å². The summed E-state index contributed by atoms with van der Waals surface area (Å²) >= 11 is 23.1. The number of carboxylic acid groups (broad SMARTS) is 3. The molecular weight excluding hydrogens is 788 g/mol. The van der Waals surface area contributed by atoms with Crippen LogP contribution < -0.4 is 14.8 Å². The molecule has 1 atom stereocenters. The fraction of sp³-hybridized carbons (Fsp3) is 0.214. The van der Waals surface area contributed by atoms with Crippen molar-refractivity contribution < 1.29 is 76.2 Å². The highest BCUT2D eigenvalue weighted by Gasteiger charge is 2.31. The molecule has 50 heavy (non-hydrogen) atoms. The Morgan fingerprint density at radius 1 is 0.880 bits per heavy atom. The summed E-state index contributed by atoms with van der Waals surface area (Å²) in [6, 6.07) is 9.23. The number of carboxylic acids is 3. The topological polar surface area (TPSA) is 226 Å². The van der Waals surface area contributed by atoms with Crippen LogP contribution in [0.15, 0.2) is 48.5 Å². The van der Waals surface area contributed by atoms with Gasteiger partial charge in [-0.1, -0.05) is 46.4 Å². The second kappa shape index (κ2) is 19.6. The summed E-state index contributed by atoms with van der Waals surface area (Å²) < 4.78 is 63.0. The van der Waals surface area contributed by atoms with Crippen LogP contribution >= 0.6 is 54.0 Å². The monoisotopic (exact) mass is 811 g/mol. The number of hydrogen-bond donors (Lipinski definition) is 6. The number of benzene rings is 3. The summed E-state index contributed by atoms with van der Waals surface area (Å²) in [5, 5.41) is 27.6. The van der Waals surface area contributed by atoms with Crippen LogP contribution in [0.4, 0.5) is 13.2 Å². The molecule has 0 heterocycles. The quantitative estimate of drug-likeness (QED) is 0.0853. The van der Waals surface area contributed by atoms with E-state index in [1.54, 1.807) is 0 Å². The minimum Gasteiger partial charge on any atom is -0.494 e. The Labute approximate surface area is 300 Å². The lowest BCUT2D eigenvalue weighted by atomic mass is 10.2. The number of carbonyl (C=O) groups excluding carboxylic acids is 1. The van der Waals surface area contributed by atoms with Crippen molar-refractivity contribution in [1.82, 2.24) is 5.32 Å². The van der Waals surface area contributed by atoms with Gasteiger partial charge in [0.2, 0.25) is 0 Å². The zero-order valence-electron chi connectivity index (χ0n) is 25.2. The van der Waals surface area contributed by atoms with E-state index >= 15 is 0 Å². The number of carbonyl (C=O) groups is 4. The second-order valence-electron chi connectivity index (χ2n) is 9.16. The van der Waals surface area contributed by atoms with Gasteiger partial charge in [-0.15, -0.1) is 0 Å². The predicted octanol–water partition coefficient (Wildman–Crippen LogP) is 6.93. The van der Waals surface area contributed by atoms with Gasteiger partial charge in [-0.2, -0.15) is 13.2 Å². The number of methoxy groups -OCH3 is 1. The van der Waals surface area contributed by atoms with Crippen LogP contribution in [0.3, 0.4) is 0 Å². The fourth-order valence-electron chi connectivity index (χ4n) is 3.13. The summed E-state index contributed by atoms with van der Waals surface area (Å²) in [7, 11) is -2.76. The van der Waals surface area contributed by atoms with Gasteiger partial charge in [0, 0.05) is 0 Å². The molecule has 0 radical (unpaired) electrons. The summed E-state index contributed by atoms with van der Waals surface area (Å²) in [5.74, 6) is -4.61. The Hall–Kier alpha value is -3.80. The van der Waals surface area contributed by atoms with Crippen LogP contribution in [0, 0.1) is 0 Å². The average molecular weight is 813 g/mol. The standard InChI is InChI=1S/C17H11Cl2F3O5.C8H6Cl2O3.C3H8NO5P/c1-8(15(23)24)26-16(25)11-7-10(3-4-12(11)18)27-14-5-2-9(6-13(14)19)17(20,21)22;1-13-7-5(10)3-2-4(9)6(7)8(11)12;5-3(6)1-4-2-10(7,8)9/h2-8H,1H3,(H,23,24);2-3H,1H3,(H,11,12);4H,1-2H2,(H,5,6)(H2,7,8,9)/t8-;;/m0../s1. The van der Waals surface area contributed by atoms with Gasteiger partial charge in [-0.05, 0) is 55.5 Å². The molecule has 14 nitrogen and oxygen atoms in total. The van der Waals surface area contributed by atoms with Crippen molar-refractivity contribution >= 4 is 77.9 Å². The molecule has 3 rings (SSSR count). The Kier molecular flexibility index (Phi) is 17.3. The lowest BCUT2D eigenvalue weighted by Crippen LogP contribution is -2.23. The zero-order valence-corrected chi connectivity index (χ0v) is 29.1. The van der Waals surface area contributed by atoms with Crippen LogP contribution in [-0.2, 0) is 25.1 Å². The molecule has 3 aromatic carbocycles. The molecule has 22 heteroatoms. The maximum Gasteiger partial charge on any atom is 0.416 e. The molecular formula is C28H25Cl4F3NO13P. The van der Waals surface area contributed by atoms with Gasteiger partial charge in [0.15, 0.2) is 11.9 Å². The highest BCUT2D eigenvalue weighted by atomic mass is 35.5. The zero-order chi connectivity index (χ0) is 38.6. The number of hydrogen-bond acceptors (Lipinski definition) is 9. The Morgan fingerprint density at radius 3 is 1.92 bits per heavy atom. The normalized spacial score (nSPS) is 11.5. The van der Waals surface area contributed by atoms with Crippen molar-refractivity contribution in [3.63, 3.8) is 0 Å². The van der Waals surface area contributed by atoms with Crippen molar-refractivity contribution in [2.75, 3.05) is 19.9 Å². The summed E-state index contributed by atoms with van der Waals surface area (Å²) in [6.07, 6.45) is -6.55. The molecule has 0 aliphatic rings. The van der Waals surface area contributed by atoms with Gasteiger partial charge in [0.05, 0.1) is 51.2 Å². The summed E-state index contributed by atoms with van der Waals surface area (Å²) in [5.41, 5.74) is -1.23. The van der Waals surface area contributed by atoms with Crippen molar-refractivity contribution in [2.24, 2.45) is 0 Å². The Morgan fingerprint density at radius 2 is 1.46 bits per heavy atom. The molecule has 0 saturated carbocycles. The molecule has 0 unspecified atom stereocenters. The van der Waals surface area contributed by atoms with Gasteiger partial charge >= 0.3 is 37.6 Å². The average Bonchev–Trinajstić information content (AvgIpc) is 2.99. The first-order valence-corrected chi connectivity index (χ1v) is 16.3. The van der Waals surface area contributed by atoms with Gasteiger partial charge in [0.1, 0.15) is 17.1 Å². The number of rotatable bonds is 11. The van der Waals surface area contributed by atoms with E-state index in [0.29, 0.717) is 6.07 Å². The molecule has 0 aliphatic carbocycles. The molecule has 274 valence electrons. The molecule has 0 amide bonds. The van der Waals surface area contributed by atoms with Crippen LogP contribution in [0.1, 0.15) is 33.2 Å². The van der Waals surface area contributed by atoms with Gasteiger partial charge < -0.3 is 39.3 Å². The van der Waals surface area contributed by atoms with E-state index in [9.17, 15) is 36.9 Å². The van der Waals surface area contributed by atoms with Crippen LogP contribution in [0.25, 0.3) is 0 Å². The van der Waals surface area contributed by atoms with E-state index in [1.165, 1.54) is 31.4 Å². The first kappa shape index (κ1) is 44.2. The van der Waals surface area contributed by atoms with Gasteiger partial charge in [-0.3, -0.25) is 14.7 Å². The van der Waals surface area contributed by atoms with Crippen molar-refractivity contribution in [3.8, 4) is 17.2 Å². The smallest absolute Gasteiger partial charge is 0.416 e. The van der Waals surface area contributed by atoms with Crippen molar-refractivity contribution in [3.05, 3.63) is 85.3 Å². The minimum atomic E-state index is -4.56. The largest absolute Gasteiger partial charge is 0.494 e. The molecule has 3 aromatic rings.